The lowest BCUT2D eigenvalue weighted by atomic mass is 9.99. The van der Waals surface area contributed by atoms with Crippen molar-refractivity contribution in [2.45, 2.75) is 32.4 Å². The molecule has 4 nitrogen and oxygen atoms in total. The molecule has 1 aromatic carbocycles. The number of aromatic nitrogens is 3. The van der Waals surface area contributed by atoms with Gasteiger partial charge in [0.25, 0.3) is 0 Å². The van der Waals surface area contributed by atoms with Gasteiger partial charge < -0.3 is 0 Å². The molecule has 122 valence electrons. The molecule has 1 saturated heterocycles. The first-order valence-electron chi connectivity index (χ1n) is 8.32. The molecule has 0 N–H and O–H groups in total. The zero-order valence-corrected chi connectivity index (χ0v) is 14.5. The van der Waals surface area contributed by atoms with E-state index in [2.05, 4.69) is 51.4 Å². The Morgan fingerprint density at radius 2 is 2.00 bits per heavy atom. The molecule has 3 aromatic rings. The third-order valence-electron chi connectivity index (χ3n) is 4.59. The Morgan fingerprint density at radius 1 is 1.17 bits per heavy atom. The van der Waals surface area contributed by atoms with Gasteiger partial charge in [-0.05, 0) is 43.5 Å². The summed E-state index contributed by atoms with van der Waals surface area (Å²) < 4.78 is 0. The summed E-state index contributed by atoms with van der Waals surface area (Å²) in [6, 6.07) is 11.1. The molecule has 0 bridgehead atoms. The summed E-state index contributed by atoms with van der Waals surface area (Å²) in [5, 5.41) is 3.04. The predicted molar refractivity (Wildman–Crippen MR) is 96.7 cm³/mol. The van der Waals surface area contributed by atoms with Gasteiger partial charge in [0.1, 0.15) is 0 Å². The molecule has 0 amide bonds. The van der Waals surface area contributed by atoms with Crippen molar-refractivity contribution in [1.29, 1.82) is 0 Å². The van der Waals surface area contributed by atoms with Crippen LogP contribution in [-0.4, -0.2) is 26.4 Å². The molecule has 1 aliphatic rings. The zero-order valence-electron chi connectivity index (χ0n) is 13.7. The normalized spacial score (nSPS) is 18.1. The lowest BCUT2D eigenvalue weighted by Gasteiger charge is -2.25. The van der Waals surface area contributed by atoms with Crippen LogP contribution in [0, 0.1) is 6.92 Å². The van der Waals surface area contributed by atoms with Crippen LogP contribution in [0.2, 0.25) is 0 Å². The minimum atomic E-state index is 0.504. The maximum absolute atomic E-state index is 4.75. The third-order valence-corrected chi connectivity index (χ3v) is 5.47. The molecule has 1 atom stereocenters. The van der Waals surface area contributed by atoms with E-state index >= 15 is 0 Å². The van der Waals surface area contributed by atoms with Gasteiger partial charge in [0.2, 0.25) is 0 Å². The van der Waals surface area contributed by atoms with E-state index in [0.717, 1.165) is 23.8 Å². The minimum Gasteiger partial charge on any atom is -0.290 e. The maximum Gasteiger partial charge on any atom is 0.188 e. The number of hydrogen-bond acceptors (Lipinski definition) is 5. The summed E-state index contributed by atoms with van der Waals surface area (Å²) in [7, 11) is 0. The number of thiazole rings is 1. The molecule has 5 heteroatoms. The average molecular weight is 336 g/mol. The zero-order chi connectivity index (χ0) is 16.4. The van der Waals surface area contributed by atoms with Gasteiger partial charge in [-0.3, -0.25) is 4.90 Å². The first kappa shape index (κ1) is 15.4. The second-order valence-electron chi connectivity index (χ2n) is 6.20. The highest BCUT2D eigenvalue weighted by molar-refractivity contribution is 7.13. The highest BCUT2D eigenvalue weighted by Gasteiger charge is 2.27. The second-order valence-corrected chi connectivity index (χ2v) is 7.06. The van der Waals surface area contributed by atoms with E-state index in [9.17, 15) is 0 Å². The highest BCUT2D eigenvalue weighted by atomic mass is 32.1. The van der Waals surface area contributed by atoms with Crippen LogP contribution in [0.15, 0.2) is 48.1 Å². The van der Waals surface area contributed by atoms with Crippen molar-refractivity contribution in [3.05, 3.63) is 64.9 Å². The minimum absolute atomic E-state index is 0.504. The number of hydrogen-bond donors (Lipinski definition) is 0. The van der Waals surface area contributed by atoms with Crippen LogP contribution in [0.4, 0.5) is 0 Å². The van der Waals surface area contributed by atoms with Gasteiger partial charge >= 0.3 is 0 Å². The van der Waals surface area contributed by atoms with Gasteiger partial charge in [-0.2, -0.15) is 0 Å². The molecule has 24 heavy (non-hydrogen) atoms. The summed E-state index contributed by atoms with van der Waals surface area (Å²) in [4.78, 5) is 15.9. The Balaban J connectivity index is 1.53. The number of likely N-dealkylation sites (tertiary alicyclic amines) is 1. The summed E-state index contributed by atoms with van der Waals surface area (Å²) in [6.07, 6.45) is 6.00. The van der Waals surface area contributed by atoms with Crippen LogP contribution < -0.4 is 0 Å². The molecule has 2 aromatic heterocycles. The predicted octanol–water partition coefficient (Wildman–Crippen LogP) is 4.25. The largest absolute Gasteiger partial charge is 0.290 e. The summed E-state index contributed by atoms with van der Waals surface area (Å²) in [5.74, 6) is 0.714. The Morgan fingerprint density at radius 3 is 2.83 bits per heavy atom. The molecule has 3 heterocycles. The monoisotopic (exact) mass is 336 g/mol. The van der Waals surface area contributed by atoms with Gasteiger partial charge in [0, 0.05) is 30.4 Å². The van der Waals surface area contributed by atoms with E-state index in [-0.39, 0.29) is 0 Å². The summed E-state index contributed by atoms with van der Waals surface area (Å²) in [5.41, 5.74) is 3.95. The van der Waals surface area contributed by atoms with Crippen LogP contribution in [0.25, 0.3) is 10.8 Å². The van der Waals surface area contributed by atoms with Crippen molar-refractivity contribution in [2.75, 3.05) is 6.54 Å². The topological polar surface area (TPSA) is 41.9 Å². The molecule has 0 unspecified atom stereocenters. The van der Waals surface area contributed by atoms with Crippen molar-refractivity contribution in [2.24, 2.45) is 0 Å². The number of rotatable bonds is 4. The highest BCUT2D eigenvalue weighted by Crippen LogP contribution is 2.35. The molecule has 0 spiro atoms. The van der Waals surface area contributed by atoms with Gasteiger partial charge in [0.05, 0.1) is 5.69 Å². The molecular weight excluding hydrogens is 316 g/mol. The fourth-order valence-electron chi connectivity index (χ4n) is 3.43. The first-order valence-corrected chi connectivity index (χ1v) is 9.20. The second kappa shape index (κ2) is 6.79. The van der Waals surface area contributed by atoms with Gasteiger partial charge in [-0.25, -0.2) is 15.0 Å². The molecule has 0 saturated carbocycles. The Hall–Kier alpha value is -2.11. The molecule has 0 radical (unpaired) electrons. The average Bonchev–Trinajstić information content (AvgIpc) is 3.26. The van der Waals surface area contributed by atoms with E-state index in [1.807, 2.05) is 6.07 Å². The van der Waals surface area contributed by atoms with Gasteiger partial charge in [0.15, 0.2) is 10.8 Å². The Bertz CT molecular complexity index is 815. The smallest absolute Gasteiger partial charge is 0.188 e. The summed E-state index contributed by atoms with van der Waals surface area (Å²) >= 11 is 1.62. The lowest BCUT2D eigenvalue weighted by molar-refractivity contribution is 0.245. The molecule has 4 rings (SSSR count). The van der Waals surface area contributed by atoms with Crippen LogP contribution in [-0.2, 0) is 6.54 Å². The summed E-state index contributed by atoms with van der Waals surface area (Å²) in [6.45, 7) is 4.23. The Kier molecular flexibility index (Phi) is 4.36. The number of nitrogens with zero attached hydrogens (tertiary/aromatic N) is 4. The standard InChI is InChI=1S/C19H20N4S/c1-14-6-2-3-7-16(14)17-8-4-11-23(17)12-15-13-24-19(22-15)18-20-9-5-10-21-18/h2-3,5-7,9-10,13,17H,4,8,11-12H2,1H3/t17-/m0/s1. The van der Waals surface area contributed by atoms with Crippen LogP contribution in [0.1, 0.15) is 35.7 Å². The molecule has 0 aliphatic carbocycles. The van der Waals surface area contributed by atoms with Crippen LogP contribution in [0.3, 0.4) is 0 Å². The lowest BCUT2D eigenvalue weighted by Crippen LogP contribution is -2.23. The van der Waals surface area contributed by atoms with E-state index < -0.39 is 0 Å². The van der Waals surface area contributed by atoms with E-state index in [0.29, 0.717) is 11.9 Å². The third kappa shape index (κ3) is 3.09. The Labute approximate surface area is 146 Å². The van der Waals surface area contributed by atoms with Crippen molar-refractivity contribution >= 4 is 11.3 Å². The van der Waals surface area contributed by atoms with Crippen molar-refractivity contribution in [3.63, 3.8) is 0 Å². The molecule has 1 aliphatic heterocycles. The van der Waals surface area contributed by atoms with E-state index in [1.54, 1.807) is 23.7 Å². The van der Waals surface area contributed by atoms with Crippen molar-refractivity contribution < 1.29 is 0 Å². The number of benzene rings is 1. The van der Waals surface area contributed by atoms with E-state index in [1.165, 1.54) is 24.0 Å². The van der Waals surface area contributed by atoms with Gasteiger partial charge in [-0.1, -0.05) is 24.3 Å². The SMILES string of the molecule is Cc1ccccc1[C@@H]1CCCN1Cc1csc(-c2ncccn2)n1. The fraction of sp³-hybridized carbons (Fsp3) is 0.316. The maximum atomic E-state index is 4.75. The van der Waals surface area contributed by atoms with E-state index in [4.69, 9.17) is 4.98 Å². The fourth-order valence-corrected chi connectivity index (χ4v) is 4.18. The molecular formula is C19H20N4S. The van der Waals surface area contributed by atoms with Crippen molar-refractivity contribution in [3.8, 4) is 10.8 Å². The van der Waals surface area contributed by atoms with Crippen LogP contribution in [0.5, 0.6) is 0 Å². The number of aryl methyl sites for hydroxylation is 1. The van der Waals surface area contributed by atoms with Crippen LogP contribution >= 0.6 is 11.3 Å². The molecule has 1 fully saturated rings. The quantitative estimate of drug-likeness (QED) is 0.714. The van der Waals surface area contributed by atoms with Gasteiger partial charge in [-0.15, -0.1) is 11.3 Å². The first-order chi connectivity index (χ1) is 11.8. The van der Waals surface area contributed by atoms with Crippen molar-refractivity contribution in [1.82, 2.24) is 19.9 Å².